The van der Waals surface area contributed by atoms with Crippen molar-refractivity contribution < 1.29 is 8.42 Å². The highest BCUT2D eigenvalue weighted by Gasteiger charge is 2.30. The second-order valence-corrected chi connectivity index (χ2v) is 9.68. The minimum absolute atomic E-state index is 0.356. The molecule has 134 valence electrons. The lowest BCUT2D eigenvalue weighted by molar-refractivity contribution is 0.393. The normalized spacial score (nSPS) is 15.0. The molecule has 0 saturated carbocycles. The largest absolute Gasteiger partial charge is 0.243 e. The van der Waals surface area contributed by atoms with E-state index < -0.39 is 10.0 Å². The topological polar surface area (TPSA) is 50.3 Å². The predicted molar refractivity (Wildman–Crippen MR) is 105 cm³/mol. The Labute approximate surface area is 158 Å². The van der Waals surface area contributed by atoms with E-state index in [0.29, 0.717) is 24.4 Å². The summed E-state index contributed by atoms with van der Waals surface area (Å²) in [5, 5.41) is 0.963. The van der Waals surface area contributed by atoms with E-state index in [4.69, 9.17) is 4.98 Å². The van der Waals surface area contributed by atoms with Crippen molar-refractivity contribution in [3.05, 3.63) is 70.2 Å². The second-order valence-electron chi connectivity index (χ2n) is 6.66. The van der Waals surface area contributed by atoms with Gasteiger partial charge in [-0.05, 0) is 26.0 Å². The summed E-state index contributed by atoms with van der Waals surface area (Å²) in [6.07, 6.45) is 0.656. The monoisotopic (exact) mass is 384 g/mol. The first-order valence-corrected chi connectivity index (χ1v) is 10.8. The standard InChI is InChI=1S/C20H20N2O2S2/c1-14-3-7-16(8-4-14)20-21-18-11-12-22(13-19(18)25-20)26(23,24)17-9-5-15(2)6-10-17/h3-10H,11-13H2,1-2H3. The van der Waals surface area contributed by atoms with Crippen LogP contribution in [0.15, 0.2) is 53.4 Å². The Morgan fingerprint density at radius 2 is 1.58 bits per heavy atom. The van der Waals surface area contributed by atoms with Crippen LogP contribution < -0.4 is 0 Å². The number of sulfonamides is 1. The molecule has 0 aliphatic carbocycles. The molecule has 1 aliphatic rings. The third-order valence-corrected chi connectivity index (χ3v) is 7.64. The Kier molecular flexibility index (Phi) is 4.42. The van der Waals surface area contributed by atoms with Gasteiger partial charge in [-0.1, -0.05) is 47.5 Å². The van der Waals surface area contributed by atoms with Gasteiger partial charge in [0.15, 0.2) is 0 Å². The molecular weight excluding hydrogens is 364 g/mol. The molecule has 4 nitrogen and oxygen atoms in total. The minimum Gasteiger partial charge on any atom is -0.241 e. The molecule has 26 heavy (non-hydrogen) atoms. The lowest BCUT2D eigenvalue weighted by atomic mass is 10.1. The summed E-state index contributed by atoms with van der Waals surface area (Å²) in [6.45, 7) is 4.88. The van der Waals surface area contributed by atoms with Crippen molar-refractivity contribution in [2.75, 3.05) is 6.54 Å². The van der Waals surface area contributed by atoms with Gasteiger partial charge in [0.1, 0.15) is 5.01 Å². The van der Waals surface area contributed by atoms with Gasteiger partial charge in [0.25, 0.3) is 0 Å². The van der Waals surface area contributed by atoms with Crippen molar-refractivity contribution >= 4 is 21.4 Å². The highest BCUT2D eigenvalue weighted by atomic mass is 32.2. The first-order chi connectivity index (χ1) is 12.4. The van der Waals surface area contributed by atoms with Gasteiger partial charge in [-0.2, -0.15) is 4.31 Å². The molecular formula is C20H20N2O2S2. The molecule has 0 spiro atoms. The molecule has 0 unspecified atom stereocenters. The number of benzene rings is 2. The second kappa shape index (κ2) is 6.61. The highest BCUT2D eigenvalue weighted by Crippen LogP contribution is 2.33. The third kappa shape index (κ3) is 3.20. The van der Waals surface area contributed by atoms with Gasteiger partial charge in [-0.3, -0.25) is 0 Å². The molecule has 2 heterocycles. The van der Waals surface area contributed by atoms with E-state index in [-0.39, 0.29) is 0 Å². The van der Waals surface area contributed by atoms with Crippen LogP contribution in [0.25, 0.3) is 10.6 Å². The maximum absolute atomic E-state index is 12.9. The van der Waals surface area contributed by atoms with Crippen LogP contribution in [-0.2, 0) is 23.0 Å². The number of hydrogen-bond acceptors (Lipinski definition) is 4. The number of thiazole rings is 1. The molecule has 0 atom stereocenters. The molecule has 0 fully saturated rings. The van der Waals surface area contributed by atoms with Crippen molar-refractivity contribution in [2.45, 2.75) is 31.7 Å². The van der Waals surface area contributed by atoms with Gasteiger partial charge >= 0.3 is 0 Å². The summed E-state index contributed by atoms with van der Waals surface area (Å²) in [5.74, 6) is 0. The molecule has 1 aliphatic heterocycles. The minimum atomic E-state index is -3.47. The number of nitrogens with zero attached hydrogens (tertiary/aromatic N) is 2. The molecule has 0 N–H and O–H groups in total. The first kappa shape index (κ1) is 17.4. The van der Waals surface area contributed by atoms with Crippen molar-refractivity contribution in [2.24, 2.45) is 0 Å². The Morgan fingerprint density at radius 1 is 0.962 bits per heavy atom. The predicted octanol–water partition coefficient (Wildman–Crippen LogP) is 4.17. The lowest BCUT2D eigenvalue weighted by Crippen LogP contribution is -2.35. The van der Waals surface area contributed by atoms with E-state index >= 15 is 0 Å². The van der Waals surface area contributed by atoms with Crippen LogP contribution in [0.2, 0.25) is 0 Å². The van der Waals surface area contributed by atoms with E-state index in [9.17, 15) is 8.42 Å². The van der Waals surface area contributed by atoms with Crippen LogP contribution >= 0.6 is 11.3 Å². The van der Waals surface area contributed by atoms with Crippen molar-refractivity contribution in [3.63, 3.8) is 0 Å². The molecule has 1 aromatic heterocycles. The number of hydrogen-bond donors (Lipinski definition) is 0. The molecule has 0 radical (unpaired) electrons. The fraction of sp³-hybridized carbons (Fsp3) is 0.250. The number of rotatable bonds is 3. The zero-order chi connectivity index (χ0) is 18.3. The highest BCUT2D eigenvalue weighted by molar-refractivity contribution is 7.89. The number of fused-ring (bicyclic) bond motifs is 1. The third-order valence-electron chi connectivity index (χ3n) is 4.65. The number of aryl methyl sites for hydroxylation is 2. The van der Waals surface area contributed by atoms with E-state index in [0.717, 1.165) is 26.7 Å². The fourth-order valence-corrected chi connectivity index (χ4v) is 5.68. The molecule has 3 aromatic rings. The summed E-state index contributed by atoms with van der Waals surface area (Å²) in [4.78, 5) is 6.15. The maximum atomic E-state index is 12.9. The van der Waals surface area contributed by atoms with Crippen molar-refractivity contribution in [3.8, 4) is 10.6 Å². The van der Waals surface area contributed by atoms with E-state index in [1.54, 1.807) is 27.8 Å². The van der Waals surface area contributed by atoms with Crippen LogP contribution in [0.1, 0.15) is 21.7 Å². The van der Waals surface area contributed by atoms with Gasteiger partial charge < -0.3 is 0 Å². The van der Waals surface area contributed by atoms with E-state index in [1.165, 1.54) is 5.56 Å². The van der Waals surface area contributed by atoms with Crippen LogP contribution in [0.5, 0.6) is 0 Å². The number of aromatic nitrogens is 1. The van der Waals surface area contributed by atoms with E-state index in [2.05, 4.69) is 31.2 Å². The summed E-state index contributed by atoms with van der Waals surface area (Å²) in [5.41, 5.74) is 4.38. The Balaban J connectivity index is 1.61. The summed E-state index contributed by atoms with van der Waals surface area (Å²) < 4.78 is 27.4. The van der Waals surface area contributed by atoms with Crippen LogP contribution in [0, 0.1) is 13.8 Å². The van der Waals surface area contributed by atoms with Crippen LogP contribution in [0.3, 0.4) is 0 Å². The summed E-state index contributed by atoms with van der Waals surface area (Å²) in [6, 6.07) is 15.3. The van der Waals surface area contributed by atoms with Crippen molar-refractivity contribution in [1.82, 2.24) is 9.29 Å². The average molecular weight is 385 g/mol. The SMILES string of the molecule is Cc1ccc(-c2nc3c(s2)CN(S(=O)(=O)c2ccc(C)cc2)CC3)cc1. The molecule has 0 saturated heterocycles. The van der Waals surface area contributed by atoms with Crippen LogP contribution in [-0.4, -0.2) is 24.3 Å². The quantitative estimate of drug-likeness (QED) is 0.681. The summed E-state index contributed by atoms with van der Waals surface area (Å²) >= 11 is 1.59. The Morgan fingerprint density at radius 3 is 2.23 bits per heavy atom. The Bertz CT molecular complexity index is 1040. The van der Waals surface area contributed by atoms with Crippen molar-refractivity contribution in [1.29, 1.82) is 0 Å². The Hall–Kier alpha value is -2.02. The smallest absolute Gasteiger partial charge is 0.241 e. The molecule has 0 bridgehead atoms. The summed E-state index contributed by atoms with van der Waals surface area (Å²) in [7, 11) is -3.47. The van der Waals surface area contributed by atoms with Gasteiger partial charge in [0.2, 0.25) is 10.0 Å². The van der Waals surface area contributed by atoms with Gasteiger partial charge in [0, 0.05) is 23.4 Å². The molecule has 6 heteroatoms. The zero-order valence-electron chi connectivity index (χ0n) is 14.8. The molecule has 2 aromatic carbocycles. The van der Waals surface area contributed by atoms with Gasteiger partial charge in [-0.25, -0.2) is 13.4 Å². The van der Waals surface area contributed by atoms with Crippen LogP contribution in [0.4, 0.5) is 0 Å². The first-order valence-electron chi connectivity index (χ1n) is 8.56. The maximum Gasteiger partial charge on any atom is 0.243 e. The molecule has 4 rings (SSSR count). The van der Waals surface area contributed by atoms with Gasteiger partial charge in [-0.15, -0.1) is 11.3 Å². The average Bonchev–Trinajstić information content (AvgIpc) is 3.06. The van der Waals surface area contributed by atoms with Gasteiger partial charge in [0.05, 0.1) is 17.1 Å². The fourth-order valence-electron chi connectivity index (χ4n) is 3.06. The lowest BCUT2D eigenvalue weighted by Gasteiger charge is -2.25. The molecule has 0 amide bonds. The zero-order valence-corrected chi connectivity index (χ0v) is 16.4. The van der Waals surface area contributed by atoms with E-state index in [1.807, 2.05) is 19.1 Å².